The molecule has 0 aliphatic heterocycles. The van der Waals surface area contributed by atoms with Gasteiger partial charge in [-0.05, 0) is 16.0 Å². The number of nitrogens with two attached hydrogens (primary N) is 1. The van der Waals surface area contributed by atoms with Gasteiger partial charge in [0.05, 0.1) is 12.2 Å². The topological polar surface area (TPSA) is 111 Å². The van der Waals surface area contributed by atoms with Crippen molar-refractivity contribution in [2.75, 3.05) is 11.9 Å². The highest BCUT2D eigenvalue weighted by Crippen LogP contribution is 2.10. The third kappa shape index (κ3) is 2.70. The summed E-state index contributed by atoms with van der Waals surface area (Å²) in [6, 6.07) is 2.69. The van der Waals surface area contributed by atoms with Crippen molar-refractivity contribution in [3.63, 3.8) is 0 Å². The molecule has 1 aromatic heterocycles. The fourth-order valence-electron chi connectivity index (χ4n) is 0.788. The summed E-state index contributed by atoms with van der Waals surface area (Å²) < 4.78 is 0. The van der Waals surface area contributed by atoms with Gasteiger partial charge in [0, 0.05) is 6.07 Å². The molecule has 0 spiro atoms. The Hall–Kier alpha value is -2.18. The molecule has 1 rings (SSSR count). The molecule has 0 atom stereocenters. The van der Waals surface area contributed by atoms with E-state index in [9.17, 15) is 14.9 Å². The average molecular weight is 196 g/mol. The fourth-order valence-corrected chi connectivity index (χ4v) is 0.788. The number of amides is 1. The summed E-state index contributed by atoms with van der Waals surface area (Å²) in [6.07, 6.45) is 1.26. The number of hydrogen-bond acceptors (Lipinski definition) is 5. The molecule has 0 bridgehead atoms. The molecule has 7 nitrogen and oxygen atoms in total. The van der Waals surface area contributed by atoms with Gasteiger partial charge in [-0.15, -0.1) is 0 Å². The zero-order valence-electron chi connectivity index (χ0n) is 7.14. The van der Waals surface area contributed by atoms with Crippen molar-refractivity contribution in [1.29, 1.82) is 0 Å². The number of primary amides is 1. The quantitative estimate of drug-likeness (QED) is 0.515. The first-order chi connectivity index (χ1) is 6.59. The number of pyridine rings is 1. The highest BCUT2D eigenvalue weighted by atomic mass is 16.6. The molecule has 7 heteroatoms. The number of nitrogens with one attached hydrogen (secondary N) is 1. The van der Waals surface area contributed by atoms with Crippen molar-refractivity contribution in [1.82, 2.24) is 4.98 Å². The van der Waals surface area contributed by atoms with Crippen LogP contribution >= 0.6 is 0 Å². The van der Waals surface area contributed by atoms with Crippen LogP contribution in [-0.2, 0) is 4.79 Å². The number of aromatic nitrogens is 1. The second kappa shape index (κ2) is 4.17. The highest BCUT2D eigenvalue weighted by molar-refractivity contribution is 5.78. The van der Waals surface area contributed by atoms with Crippen molar-refractivity contribution >= 4 is 17.4 Å². The molecular formula is C7H8N4O3. The smallest absolute Gasteiger partial charge is 0.363 e. The lowest BCUT2D eigenvalue weighted by Gasteiger charge is -2.00. The number of nitrogens with zero attached hydrogens (tertiary/aromatic N) is 2. The van der Waals surface area contributed by atoms with Gasteiger partial charge in [-0.3, -0.25) is 4.79 Å². The van der Waals surface area contributed by atoms with E-state index in [0.717, 1.165) is 0 Å². The van der Waals surface area contributed by atoms with Crippen LogP contribution in [0.1, 0.15) is 0 Å². The molecule has 0 radical (unpaired) electrons. The summed E-state index contributed by atoms with van der Waals surface area (Å²) in [6.45, 7) is -0.0283. The maximum Gasteiger partial charge on any atom is 0.363 e. The monoisotopic (exact) mass is 196 g/mol. The van der Waals surface area contributed by atoms with Gasteiger partial charge < -0.3 is 21.2 Å². The first kappa shape index (κ1) is 9.90. The largest absolute Gasteiger partial charge is 0.373 e. The van der Waals surface area contributed by atoms with E-state index in [0.29, 0.717) is 5.69 Å². The lowest BCUT2D eigenvalue weighted by atomic mass is 10.4. The number of carbonyl (C=O) groups excluding carboxylic acids is 1. The van der Waals surface area contributed by atoms with Crippen molar-refractivity contribution < 1.29 is 9.72 Å². The molecule has 0 saturated carbocycles. The minimum atomic E-state index is -0.599. The molecule has 0 unspecified atom stereocenters. The predicted octanol–water partition coefficient (Wildman–Crippen LogP) is -0.113. The van der Waals surface area contributed by atoms with Crippen LogP contribution in [0.15, 0.2) is 18.3 Å². The number of carbonyl (C=O) groups is 1. The van der Waals surface area contributed by atoms with Crippen molar-refractivity contribution in [3.05, 3.63) is 28.4 Å². The van der Waals surface area contributed by atoms with Crippen LogP contribution in [0.4, 0.5) is 11.5 Å². The zero-order valence-corrected chi connectivity index (χ0v) is 7.14. The minimum Gasteiger partial charge on any atom is -0.373 e. The molecule has 1 amide bonds. The summed E-state index contributed by atoms with van der Waals surface area (Å²) in [5.41, 5.74) is 5.40. The van der Waals surface area contributed by atoms with E-state index in [4.69, 9.17) is 5.73 Å². The maximum absolute atomic E-state index is 10.4. The van der Waals surface area contributed by atoms with Crippen LogP contribution in [0.2, 0.25) is 0 Å². The molecular weight excluding hydrogens is 188 g/mol. The highest BCUT2D eigenvalue weighted by Gasteiger charge is 2.05. The molecule has 0 aromatic carbocycles. The van der Waals surface area contributed by atoms with Gasteiger partial charge in [0.25, 0.3) is 0 Å². The molecule has 0 fully saturated rings. The van der Waals surface area contributed by atoms with Crippen LogP contribution < -0.4 is 11.1 Å². The number of anilines is 1. The van der Waals surface area contributed by atoms with Gasteiger partial charge in [0.15, 0.2) is 6.20 Å². The van der Waals surface area contributed by atoms with E-state index in [1.54, 1.807) is 0 Å². The van der Waals surface area contributed by atoms with Gasteiger partial charge in [-0.1, -0.05) is 0 Å². The van der Waals surface area contributed by atoms with E-state index < -0.39 is 10.8 Å². The lowest BCUT2D eigenvalue weighted by molar-refractivity contribution is -0.389. The predicted molar refractivity (Wildman–Crippen MR) is 48.6 cm³/mol. The van der Waals surface area contributed by atoms with Crippen LogP contribution in [0.5, 0.6) is 0 Å². The normalized spacial score (nSPS) is 9.43. The van der Waals surface area contributed by atoms with E-state index >= 15 is 0 Å². The molecule has 1 aromatic rings. The molecule has 0 saturated heterocycles. The van der Waals surface area contributed by atoms with Crippen LogP contribution in [-0.4, -0.2) is 22.4 Å². The summed E-state index contributed by atoms with van der Waals surface area (Å²) in [5.74, 6) is -0.752. The Labute approximate surface area is 79.1 Å². The third-order valence-corrected chi connectivity index (χ3v) is 1.40. The zero-order chi connectivity index (χ0) is 10.6. The van der Waals surface area contributed by atoms with E-state index in [2.05, 4.69) is 10.3 Å². The third-order valence-electron chi connectivity index (χ3n) is 1.40. The van der Waals surface area contributed by atoms with Gasteiger partial charge in [0.2, 0.25) is 5.91 Å². The second-order valence-corrected chi connectivity index (χ2v) is 2.48. The maximum atomic E-state index is 10.4. The average Bonchev–Trinajstić information content (AvgIpc) is 2.15. The molecule has 1 heterocycles. The molecule has 0 aliphatic carbocycles. The SMILES string of the molecule is NC(=O)CNc1ccc([N+](=O)[O-])nc1. The van der Waals surface area contributed by atoms with Crippen molar-refractivity contribution in [3.8, 4) is 0 Å². The Kier molecular flexibility index (Phi) is 2.95. The number of hydrogen-bond donors (Lipinski definition) is 2. The number of nitro groups is 1. The summed E-state index contributed by atoms with van der Waals surface area (Å²) in [4.78, 5) is 23.5. The Morgan fingerprint density at radius 3 is 2.79 bits per heavy atom. The minimum absolute atomic E-state index is 0.0283. The van der Waals surface area contributed by atoms with Crippen molar-refractivity contribution in [2.45, 2.75) is 0 Å². The van der Waals surface area contributed by atoms with E-state index in [-0.39, 0.29) is 12.4 Å². The second-order valence-electron chi connectivity index (χ2n) is 2.48. The van der Waals surface area contributed by atoms with Crippen LogP contribution in [0.25, 0.3) is 0 Å². The van der Waals surface area contributed by atoms with Gasteiger partial charge in [-0.25, -0.2) is 0 Å². The fraction of sp³-hybridized carbons (Fsp3) is 0.143. The Morgan fingerprint density at radius 2 is 2.36 bits per heavy atom. The molecule has 3 N–H and O–H groups in total. The standard InChI is InChI=1S/C7H8N4O3/c8-6(12)4-9-5-1-2-7(10-3-5)11(13)14/h1-3,9H,4H2,(H2,8,12). The Morgan fingerprint density at radius 1 is 1.64 bits per heavy atom. The molecule has 14 heavy (non-hydrogen) atoms. The van der Waals surface area contributed by atoms with Gasteiger partial charge >= 0.3 is 5.82 Å². The summed E-state index contributed by atoms with van der Waals surface area (Å²) >= 11 is 0. The first-order valence-electron chi connectivity index (χ1n) is 3.72. The van der Waals surface area contributed by atoms with E-state index in [1.165, 1.54) is 18.3 Å². The Bertz CT molecular complexity index is 348. The van der Waals surface area contributed by atoms with Crippen LogP contribution in [0, 0.1) is 10.1 Å². The molecule has 74 valence electrons. The lowest BCUT2D eigenvalue weighted by Crippen LogP contribution is -2.21. The van der Waals surface area contributed by atoms with Gasteiger partial charge in [-0.2, -0.15) is 0 Å². The summed E-state index contributed by atoms with van der Waals surface area (Å²) in [7, 11) is 0. The molecule has 0 aliphatic rings. The van der Waals surface area contributed by atoms with Crippen molar-refractivity contribution in [2.24, 2.45) is 5.73 Å². The van der Waals surface area contributed by atoms with Gasteiger partial charge in [0.1, 0.15) is 0 Å². The Balaban J connectivity index is 2.64. The van der Waals surface area contributed by atoms with E-state index in [1.807, 2.05) is 0 Å². The first-order valence-corrected chi connectivity index (χ1v) is 3.72. The summed E-state index contributed by atoms with van der Waals surface area (Å²) in [5, 5.41) is 12.9. The number of rotatable bonds is 4. The van der Waals surface area contributed by atoms with Crippen LogP contribution in [0.3, 0.4) is 0 Å².